The molecule has 4 N–H and O–H groups in total. The van der Waals surface area contributed by atoms with Crippen molar-refractivity contribution in [1.82, 2.24) is 4.98 Å². The maximum absolute atomic E-state index is 9.13. The van der Waals surface area contributed by atoms with Crippen molar-refractivity contribution in [3.63, 3.8) is 0 Å². The Labute approximate surface area is 93.8 Å². The van der Waals surface area contributed by atoms with Crippen molar-refractivity contribution in [1.29, 1.82) is 0 Å². The highest BCUT2D eigenvalue weighted by molar-refractivity contribution is 5.46. The standard InChI is InChI=1S/C12H13N3O/c13-12-7-9(5-6-14-12)8-15-10-1-3-11(16)4-2-10/h1-7,15-16H,8H2,(H2,13,14). The largest absolute Gasteiger partial charge is 0.508 e. The smallest absolute Gasteiger partial charge is 0.123 e. The van der Waals surface area contributed by atoms with Gasteiger partial charge in [0.25, 0.3) is 0 Å². The molecule has 2 rings (SSSR count). The number of nitrogens with one attached hydrogen (secondary N) is 1. The fourth-order valence-corrected chi connectivity index (χ4v) is 1.39. The zero-order valence-electron chi connectivity index (χ0n) is 8.72. The molecule has 82 valence electrons. The molecule has 1 aromatic heterocycles. The van der Waals surface area contributed by atoms with Gasteiger partial charge in [-0.3, -0.25) is 0 Å². The van der Waals surface area contributed by atoms with Gasteiger partial charge in [0.05, 0.1) is 0 Å². The van der Waals surface area contributed by atoms with E-state index in [1.165, 1.54) is 0 Å². The van der Waals surface area contributed by atoms with Gasteiger partial charge in [0, 0.05) is 18.4 Å². The Bertz CT molecular complexity index is 468. The van der Waals surface area contributed by atoms with Crippen molar-refractivity contribution in [2.24, 2.45) is 0 Å². The molecular formula is C12H13N3O. The van der Waals surface area contributed by atoms with E-state index in [4.69, 9.17) is 10.8 Å². The normalized spacial score (nSPS) is 10.0. The van der Waals surface area contributed by atoms with Gasteiger partial charge < -0.3 is 16.2 Å². The number of anilines is 2. The number of aromatic hydroxyl groups is 1. The minimum absolute atomic E-state index is 0.263. The Balaban J connectivity index is 1.99. The summed E-state index contributed by atoms with van der Waals surface area (Å²) in [5.41, 5.74) is 7.60. The zero-order valence-corrected chi connectivity index (χ0v) is 8.72. The number of benzene rings is 1. The van der Waals surface area contributed by atoms with Crippen LogP contribution in [-0.2, 0) is 6.54 Å². The van der Waals surface area contributed by atoms with Gasteiger partial charge in [-0.25, -0.2) is 4.98 Å². The molecule has 0 aliphatic rings. The molecule has 0 saturated heterocycles. The number of rotatable bonds is 3. The Morgan fingerprint density at radius 1 is 1.19 bits per heavy atom. The predicted molar refractivity (Wildman–Crippen MR) is 64.1 cm³/mol. The van der Waals surface area contributed by atoms with Crippen LogP contribution >= 0.6 is 0 Å². The fourth-order valence-electron chi connectivity index (χ4n) is 1.39. The summed E-state index contributed by atoms with van der Waals surface area (Å²) in [4.78, 5) is 3.92. The minimum Gasteiger partial charge on any atom is -0.508 e. The molecule has 0 amide bonds. The van der Waals surface area contributed by atoms with Crippen LogP contribution < -0.4 is 11.1 Å². The van der Waals surface area contributed by atoms with E-state index in [2.05, 4.69) is 10.3 Å². The molecule has 4 nitrogen and oxygen atoms in total. The second-order valence-electron chi connectivity index (χ2n) is 3.49. The lowest BCUT2D eigenvalue weighted by Crippen LogP contribution is -2.00. The van der Waals surface area contributed by atoms with Gasteiger partial charge in [-0.15, -0.1) is 0 Å². The first-order chi connectivity index (χ1) is 7.74. The summed E-state index contributed by atoms with van der Waals surface area (Å²) in [5, 5.41) is 12.3. The lowest BCUT2D eigenvalue weighted by molar-refractivity contribution is 0.475. The minimum atomic E-state index is 0.263. The quantitative estimate of drug-likeness (QED) is 0.685. The molecule has 16 heavy (non-hydrogen) atoms. The summed E-state index contributed by atoms with van der Waals surface area (Å²) in [5.74, 6) is 0.781. The van der Waals surface area contributed by atoms with E-state index in [9.17, 15) is 0 Å². The number of hydrogen-bond donors (Lipinski definition) is 3. The third-order valence-corrected chi connectivity index (χ3v) is 2.21. The van der Waals surface area contributed by atoms with Crippen LogP contribution in [0.15, 0.2) is 42.6 Å². The number of phenolic OH excluding ortho intramolecular Hbond substituents is 1. The van der Waals surface area contributed by atoms with Gasteiger partial charge in [-0.05, 0) is 42.0 Å². The van der Waals surface area contributed by atoms with Crippen molar-refractivity contribution >= 4 is 11.5 Å². The van der Waals surface area contributed by atoms with Gasteiger partial charge in [-0.1, -0.05) is 0 Å². The summed E-state index contributed by atoms with van der Waals surface area (Å²) in [7, 11) is 0. The van der Waals surface area contributed by atoms with Crippen LogP contribution in [0.4, 0.5) is 11.5 Å². The molecule has 4 heteroatoms. The van der Waals surface area contributed by atoms with E-state index >= 15 is 0 Å². The highest BCUT2D eigenvalue weighted by atomic mass is 16.3. The van der Waals surface area contributed by atoms with Gasteiger partial charge >= 0.3 is 0 Å². The summed E-state index contributed by atoms with van der Waals surface area (Å²) < 4.78 is 0. The highest BCUT2D eigenvalue weighted by Gasteiger charge is 1.95. The second kappa shape index (κ2) is 4.53. The third-order valence-electron chi connectivity index (χ3n) is 2.21. The van der Waals surface area contributed by atoms with E-state index < -0.39 is 0 Å². The summed E-state index contributed by atoms with van der Waals surface area (Å²) in [6.45, 7) is 0.678. The Hall–Kier alpha value is -2.23. The highest BCUT2D eigenvalue weighted by Crippen LogP contribution is 2.14. The molecule has 0 atom stereocenters. The maximum atomic E-state index is 9.13. The number of hydrogen-bond acceptors (Lipinski definition) is 4. The number of nitrogens with zero attached hydrogens (tertiary/aromatic N) is 1. The lowest BCUT2D eigenvalue weighted by atomic mass is 10.2. The summed E-state index contributed by atoms with van der Waals surface area (Å²) >= 11 is 0. The Morgan fingerprint density at radius 2 is 1.94 bits per heavy atom. The molecule has 0 spiro atoms. The van der Waals surface area contributed by atoms with E-state index in [0.29, 0.717) is 12.4 Å². The number of phenols is 1. The van der Waals surface area contributed by atoms with Crippen LogP contribution in [0.2, 0.25) is 0 Å². The van der Waals surface area contributed by atoms with Crippen LogP contribution in [0.3, 0.4) is 0 Å². The Morgan fingerprint density at radius 3 is 2.62 bits per heavy atom. The molecule has 0 unspecified atom stereocenters. The molecule has 1 aromatic carbocycles. The maximum Gasteiger partial charge on any atom is 0.123 e. The van der Waals surface area contributed by atoms with E-state index in [1.807, 2.05) is 24.3 Å². The van der Waals surface area contributed by atoms with Crippen LogP contribution in [0.5, 0.6) is 5.75 Å². The van der Waals surface area contributed by atoms with Crippen LogP contribution in [-0.4, -0.2) is 10.1 Å². The van der Waals surface area contributed by atoms with Crippen LogP contribution in [0, 0.1) is 0 Å². The van der Waals surface area contributed by atoms with Crippen molar-refractivity contribution in [2.75, 3.05) is 11.1 Å². The van der Waals surface area contributed by atoms with E-state index in [0.717, 1.165) is 11.3 Å². The van der Waals surface area contributed by atoms with Gasteiger partial charge in [0.15, 0.2) is 0 Å². The summed E-state index contributed by atoms with van der Waals surface area (Å²) in [6, 6.07) is 10.7. The molecule has 0 fully saturated rings. The molecular weight excluding hydrogens is 202 g/mol. The fraction of sp³-hybridized carbons (Fsp3) is 0.0833. The average Bonchev–Trinajstić information content (AvgIpc) is 2.28. The monoisotopic (exact) mass is 215 g/mol. The van der Waals surface area contributed by atoms with Gasteiger partial charge in [0.1, 0.15) is 11.6 Å². The van der Waals surface area contributed by atoms with Crippen molar-refractivity contribution in [2.45, 2.75) is 6.54 Å². The van der Waals surface area contributed by atoms with Gasteiger partial charge in [-0.2, -0.15) is 0 Å². The number of aromatic nitrogens is 1. The topological polar surface area (TPSA) is 71.2 Å². The van der Waals surface area contributed by atoms with E-state index in [1.54, 1.807) is 18.3 Å². The first kappa shape index (κ1) is 10.3. The molecule has 1 heterocycles. The number of nitrogens with two attached hydrogens (primary N) is 1. The first-order valence-electron chi connectivity index (χ1n) is 4.97. The average molecular weight is 215 g/mol. The van der Waals surface area contributed by atoms with Crippen LogP contribution in [0.1, 0.15) is 5.56 Å². The molecule has 0 aliphatic carbocycles. The molecule has 2 aromatic rings. The molecule has 0 aliphatic heterocycles. The molecule has 0 saturated carbocycles. The SMILES string of the molecule is Nc1cc(CNc2ccc(O)cc2)ccn1. The second-order valence-corrected chi connectivity index (χ2v) is 3.49. The van der Waals surface area contributed by atoms with Gasteiger partial charge in [0.2, 0.25) is 0 Å². The van der Waals surface area contributed by atoms with Crippen molar-refractivity contribution < 1.29 is 5.11 Å². The van der Waals surface area contributed by atoms with Crippen molar-refractivity contribution in [3.05, 3.63) is 48.2 Å². The number of nitrogen functional groups attached to an aromatic ring is 1. The van der Waals surface area contributed by atoms with Crippen LogP contribution in [0.25, 0.3) is 0 Å². The van der Waals surface area contributed by atoms with E-state index in [-0.39, 0.29) is 5.75 Å². The Kier molecular flexibility index (Phi) is 2.91. The molecule has 0 bridgehead atoms. The zero-order chi connectivity index (χ0) is 11.4. The third kappa shape index (κ3) is 2.63. The lowest BCUT2D eigenvalue weighted by Gasteiger charge is -2.06. The predicted octanol–water partition coefficient (Wildman–Crippen LogP) is 1.98. The first-order valence-corrected chi connectivity index (χ1v) is 4.97. The summed E-state index contributed by atoms with van der Waals surface area (Å²) in [6.07, 6.45) is 1.68. The van der Waals surface area contributed by atoms with Crippen molar-refractivity contribution in [3.8, 4) is 5.75 Å². The molecule has 0 radical (unpaired) electrons. The number of pyridine rings is 1.